The number of hydrogen-bond donors (Lipinski definition) is 2. The van der Waals surface area contributed by atoms with Crippen LogP contribution in [0, 0.1) is 0 Å². The van der Waals surface area contributed by atoms with Crippen molar-refractivity contribution in [3.05, 3.63) is 35.4 Å². The highest BCUT2D eigenvalue weighted by molar-refractivity contribution is 7.48. The van der Waals surface area contributed by atoms with Crippen LogP contribution in [0.3, 0.4) is 0 Å². The second kappa shape index (κ2) is 23.9. The molecule has 0 radical (unpaired) electrons. The van der Waals surface area contributed by atoms with Gasteiger partial charge in [0, 0.05) is 61.6 Å². The molecule has 1 aromatic rings. The summed E-state index contributed by atoms with van der Waals surface area (Å²) < 4.78 is 82.2. The number of nitrogens with zero attached hydrogens (tertiary/aromatic N) is 2. The van der Waals surface area contributed by atoms with Gasteiger partial charge in [0.25, 0.3) is 5.79 Å². The first kappa shape index (κ1) is 54.2. The summed E-state index contributed by atoms with van der Waals surface area (Å²) in [6, 6.07) is -0.439. The highest BCUT2D eigenvalue weighted by Gasteiger charge is 2.62. The number of aromatic nitrogens is 2. The van der Waals surface area contributed by atoms with Gasteiger partial charge in [0.05, 0.1) is 32.8 Å². The molecule has 3 rings (SSSR count). The van der Waals surface area contributed by atoms with E-state index < -0.39 is 154 Å². The quantitative estimate of drug-likeness (QED) is 0.0699. The molecule has 2 N–H and O–H groups in total. The van der Waals surface area contributed by atoms with Crippen LogP contribution < -0.4 is 16.3 Å². The Labute approximate surface area is 375 Å². The van der Waals surface area contributed by atoms with Crippen LogP contribution in [0.2, 0.25) is 0 Å². The Kier molecular flexibility index (Phi) is 19.6. The number of phosphoric ester groups is 1. The van der Waals surface area contributed by atoms with Crippen LogP contribution in [0.1, 0.15) is 68.0 Å². The van der Waals surface area contributed by atoms with E-state index in [-0.39, 0.29) is 5.82 Å². The van der Waals surface area contributed by atoms with Crippen LogP contribution in [0.4, 0.5) is 5.82 Å². The van der Waals surface area contributed by atoms with E-state index in [9.17, 15) is 52.5 Å². The van der Waals surface area contributed by atoms with Crippen LogP contribution in [-0.4, -0.2) is 145 Å². The number of carbonyl (C=O) groups excluding carboxylic acids is 9. The van der Waals surface area contributed by atoms with Crippen LogP contribution in [-0.2, 0) is 104 Å². The number of carbonyl (C=O) groups is 9. The summed E-state index contributed by atoms with van der Waals surface area (Å²) in [4.78, 5) is 130. The zero-order valence-corrected chi connectivity index (χ0v) is 38.1. The molecule has 3 heterocycles. The van der Waals surface area contributed by atoms with Crippen molar-refractivity contribution in [1.82, 2.24) is 14.9 Å². The average molecular weight is 963 g/mol. The molecule has 1 unspecified atom stereocenters. The van der Waals surface area contributed by atoms with Crippen molar-refractivity contribution in [2.24, 2.45) is 0 Å². The molecule has 0 spiro atoms. The van der Waals surface area contributed by atoms with Crippen LogP contribution in [0.5, 0.6) is 0 Å². The predicted molar refractivity (Wildman–Crippen MR) is 214 cm³/mol. The number of hydrogen-bond acceptors (Lipinski definition) is 24. The summed E-state index contributed by atoms with van der Waals surface area (Å²) in [6.07, 6.45) is -12.9. The molecule has 2 fully saturated rings. The van der Waals surface area contributed by atoms with E-state index >= 15 is 0 Å². The molecule has 2 amide bonds. The molecule has 27 nitrogen and oxygen atoms in total. The van der Waals surface area contributed by atoms with Crippen LogP contribution in [0.15, 0.2) is 29.7 Å². The minimum absolute atomic E-state index is 0.156. The molecule has 2 aliphatic heterocycles. The summed E-state index contributed by atoms with van der Waals surface area (Å²) in [6.45, 7) is 8.99. The van der Waals surface area contributed by atoms with Gasteiger partial charge in [-0.05, 0) is 6.07 Å². The first-order chi connectivity index (χ1) is 30.8. The normalized spacial score (nSPS) is 25.3. The van der Waals surface area contributed by atoms with Crippen molar-refractivity contribution < 1.29 is 104 Å². The number of esters is 7. The molecule has 1 aromatic heterocycles. The van der Waals surface area contributed by atoms with E-state index in [1.54, 1.807) is 0 Å². The minimum Gasteiger partial charge on any atom is -0.465 e. The Hall–Kier alpha value is -6.12. The molecule has 2 saturated heterocycles. The highest BCUT2D eigenvalue weighted by Crippen LogP contribution is 2.56. The number of anilines is 1. The van der Waals surface area contributed by atoms with E-state index in [1.807, 2.05) is 0 Å². The largest absolute Gasteiger partial charge is 0.478 e. The molecular formula is C38H51N4O23P. The van der Waals surface area contributed by atoms with Crippen molar-refractivity contribution >= 4 is 67.2 Å². The Morgan fingerprint density at radius 1 is 0.879 bits per heavy atom. The van der Waals surface area contributed by atoms with Gasteiger partial charge in [0.2, 0.25) is 11.8 Å². The molecule has 366 valence electrons. The molecular weight excluding hydrogens is 911 g/mol. The molecule has 2 aliphatic rings. The topological polar surface area (TPSA) is 340 Å². The molecule has 0 aromatic carbocycles. The summed E-state index contributed by atoms with van der Waals surface area (Å²) in [5.74, 6) is -12.1. The lowest BCUT2D eigenvalue weighted by Gasteiger charge is -2.48. The fourth-order valence-electron chi connectivity index (χ4n) is 6.64. The Bertz CT molecular complexity index is 2130. The minimum atomic E-state index is -5.42. The van der Waals surface area contributed by atoms with Crippen molar-refractivity contribution in [2.45, 2.75) is 123 Å². The summed E-state index contributed by atoms with van der Waals surface area (Å²) in [7, 11) is -4.59. The SMILES string of the molecule is C=CCOP(=O)(OC[C@H]1O[C@@H](n2ccc(NC(C)=O)nc2=O)[C@H](OC(C)=O)[C@@H]1OC(C)=O)O[C@@]1(C(=O)OC)C[C@H](OC(C)=O)[C@@H](NC(C)=O)[C@H]([C@H](OC(C)=O)[C@@H](COC(C)=O)OC(C)=O)O1. The second-order valence-electron chi connectivity index (χ2n) is 14.2. The summed E-state index contributed by atoms with van der Waals surface area (Å²) >= 11 is 0. The van der Waals surface area contributed by atoms with E-state index in [1.165, 1.54) is 13.0 Å². The second-order valence-corrected chi connectivity index (χ2v) is 15.8. The van der Waals surface area contributed by atoms with Crippen molar-refractivity contribution in [2.75, 3.05) is 32.2 Å². The Balaban J connectivity index is 2.23. The molecule has 28 heteroatoms. The average Bonchev–Trinajstić information content (AvgIpc) is 3.51. The van der Waals surface area contributed by atoms with E-state index in [4.69, 9.17) is 56.2 Å². The van der Waals surface area contributed by atoms with Gasteiger partial charge in [-0.3, -0.25) is 52.0 Å². The summed E-state index contributed by atoms with van der Waals surface area (Å²) in [5.41, 5.74) is -1.05. The van der Waals surface area contributed by atoms with Gasteiger partial charge in [0.1, 0.15) is 30.7 Å². The molecule has 0 saturated carbocycles. The standard InChI is InChI=1S/C38H51N4O23P/c1-11-14-56-66(53,57-17-28-32(61-24(8)49)34(62-25(9)50)35(63-28)42-13-12-29(39-18(2)43)41-37(42)52)65-38(36(51)54-10)15-26(58-21(5)46)30(40-19(3)44)33(64-38)31(60-23(7)48)27(59-22(6)47)16-55-20(4)45/h11-13,26-28,30-35H,1,14-17H2,2-10H3,(H,40,44)(H,39,41,43,52)/t26-,27+,28+,30+,31+,32+,33+,34+,35+,38+,66?/m0/s1. The third-order valence-electron chi connectivity index (χ3n) is 8.80. The fraction of sp³-hybridized carbons (Fsp3) is 0.605. The van der Waals surface area contributed by atoms with Gasteiger partial charge in [0.15, 0.2) is 30.6 Å². The highest BCUT2D eigenvalue weighted by atomic mass is 31.2. The van der Waals surface area contributed by atoms with Crippen molar-refractivity contribution in [3.8, 4) is 0 Å². The smallest absolute Gasteiger partial charge is 0.465 e. The zero-order valence-electron chi connectivity index (χ0n) is 37.2. The molecule has 11 atom stereocenters. The number of nitrogens with one attached hydrogen (secondary N) is 2. The lowest BCUT2D eigenvalue weighted by molar-refractivity contribution is -0.294. The van der Waals surface area contributed by atoms with Gasteiger partial charge in [-0.1, -0.05) is 6.08 Å². The maximum Gasteiger partial charge on any atom is 0.478 e. The third-order valence-corrected chi connectivity index (χ3v) is 10.2. The zero-order chi connectivity index (χ0) is 49.7. The Morgan fingerprint density at radius 3 is 2.02 bits per heavy atom. The number of methoxy groups -OCH3 is 1. The van der Waals surface area contributed by atoms with Gasteiger partial charge in [-0.15, -0.1) is 6.58 Å². The van der Waals surface area contributed by atoms with Gasteiger partial charge in [-0.25, -0.2) is 18.7 Å². The molecule has 0 bridgehead atoms. The monoisotopic (exact) mass is 962 g/mol. The lowest BCUT2D eigenvalue weighted by Crippen LogP contribution is -2.69. The number of amides is 2. The summed E-state index contributed by atoms with van der Waals surface area (Å²) in [5, 5.41) is 4.79. The number of rotatable bonds is 21. The predicted octanol–water partition coefficient (Wildman–Crippen LogP) is -0.172. The lowest BCUT2D eigenvalue weighted by atomic mass is 9.88. The van der Waals surface area contributed by atoms with Crippen molar-refractivity contribution in [3.63, 3.8) is 0 Å². The van der Waals surface area contributed by atoms with E-state index in [2.05, 4.69) is 22.2 Å². The van der Waals surface area contributed by atoms with E-state index in [0.29, 0.717) is 0 Å². The van der Waals surface area contributed by atoms with Crippen LogP contribution >= 0.6 is 7.82 Å². The van der Waals surface area contributed by atoms with Gasteiger partial charge < -0.3 is 53.3 Å². The maximum absolute atomic E-state index is 14.9. The van der Waals surface area contributed by atoms with Gasteiger partial charge in [-0.2, -0.15) is 4.98 Å². The Morgan fingerprint density at radius 2 is 1.50 bits per heavy atom. The first-order valence-corrected chi connectivity index (χ1v) is 21.1. The fourth-order valence-corrected chi connectivity index (χ4v) is 8.00. The number of phosphoric acid groups is 1. The third kappa shape index (κ3) is 15.2. The number of ether oxygens (including phenoxy) is 9. The van der Waals surface area contributed by atoms with E-state index in [0.717, 1.165) is 72.4 Å². The first-order valence-electron chi connectivity index (χ1n) is 19.6. The van der Waals surface area contributed by atoms with Gasteiger partial charge >= 0.3 is 55.3 Å². The van der Waals surface area contributed by atoms with Crippen LogP contribution in [0.25, 0.3) is 0 Å². The van der Waals surface area contributed by atoms with Crippen molar-refractivity contribution in [1.29, 1.82) is 0 Å². The molecule has 0 aliphatic carbocycles. The molecule has 66 heavy (non-hydrogen) atoms. The maximum atomic E-state index is 14.9.